The maximum atomic E-state index is 12.3. The molecule has 0 aliphatic rings. The summed E-state index contributed by atoms with van der Waals surface area (Å²) in [6.45, 7) is 1.68. The molecule has 1 aromatic carbocycles. The van der Waals surface area contributed by atoms with E-state index in [0.29, 0.717) is 9.90 Å². The van der Waals surface area contributed by atoms with Gasteiger partial charge in [0.05, 0.1) is 5.02 Å². The molecule has 0 amide bonds. The first-order chi connectivity index (χ1) is 8.90. The van der Waals surface area contributed by atoms with Crippen molar-refractivity contribution in [2.75, 3.05) is 0 Å². The monoisotopic (exact) mass is 314 g/mol. The lowest BCUT2D eigenvalue weighted by Crippen LogP contribution is -2.15. The number of carbonyl (C=O) groups is 1. The Labute approximate surface area is 123 Å². The van der Waals surface area contributed by atoms with E-state index in [1.807, 2.05) is 0 Å². The highest BCUT2D eigenvalue weighted by atomic mass is 35.5. The number of benzene rings is 1. The van der Waals surface area contributed by atoms with E-state index < -0.39 is 11.2 Å². The largest absolute Gasteiger partial charge is 0.499 e. The first-order valence-corrected chi connectivity index (χ1v) is 6.81. The van der Waals surface area contributed by atoms with Crippen LogP contribution in [0, 0.1) is 6.92 Å². The number of hydrogen-bond donors (Lipinski definition) is 1. The number of hydrogen-bond acceptors (Lipinski definition) is 4. The van der Waals surface area contributed by atoms with Crippen LogP contribution >= 0.6 is 34.5 Å². The molecule has 3 nitrogen and oxygen atoms in total. The molecule has 1 heterocycles. The Hall–Kier alpha value is -1.36. The maximum Gasteiger partial charge on any atom is 0.203 e. The smallest absolute Gasteiger partial charge is 0.203 e. The minimum atomic E-state index is -0.611. The summed E-state index contributed by atoms with van der Waals surface area (Å²) in [7, 11) is 0. The number of ketones is 1. The van der Waals surface area contributed by atoms with Gasteiger partial charge in [-0.1, -0.05) is 23.2 Å². The fourth-order valence-corrected chi connectivity index (χ4v) is 2.87. The van der Waals surface area contributed by atoms with Crippen molar-refractivity contribution in [3.05, 3.63) is 60.5 Å². The molecule has 0 aliphatic carbocycles. The van der Waals surface area contributed by atoms with Crippen molar-refractivity contribution >= 4 is 40.3 Å². The summed E-state index contributed by atoms with van der Waals surface area (Å²) in [6.07, 6.45) is 0. The third-order valence-corrected chi connectivity index (χ3v) is 3.84. The predicted octanol–water partition coefficient (Wildman–Crippen LogP) is 3.66. The number of carbonyl (C=O) groups excluding carboxylic acids is 1. The van der Waals surface area contributed by atoms with Gasteiger partial charge in [0.1, 0.15) is 5.56 Å². The van der Waals surface area contributed by atoms with Gasteiger partial charge in [-0.25, -0.2) is 0 Å². The second-order valence-corrected chi connectivity index (χ2v) is 5.93. The molecule has 0 bridgehead atoms. The molecule has 2 rings (SSSR count). The summed E-state index contributed by atoms with van der Waals surface area (Å²) in [4.78, 5) is 24.7. The van der Waals surface area contributed by atoms with E-state index in [1.54, 1.807) is 6.92 Å². The highest BCUT2D eigenvalue weighted by molar-refractivity contribution is 7.13. The molecular formula is C13H8Cl2O3S. The van der Waals surface area contributed by atoms with Crippen LogP contribution in [0.1, 0.15) is 20.8 Å². The normalized spacial score (nSPS) is 10.5. The molecule has 0 spiro atoms. The van der Waals surface area contributed by atoms with E-state index in [1.165, 1.54) is 24.3 Å². The van der Waals surface area contributed by atoms with Gasteiger partial charge in [0.2, 0.25) is 5.78 Å². The Bertz CT molecular complexity index is 722. The van der Waals surface area contributed by atoms with E-state index in [2.05, 4.69) is 0 Å². The van der Waals surface area contributed by atoms with Gasteiger partial charge in [-0.3, -0.25) is 9.59 Å². The predicted molar refractivity (Wildman–Crippen MR) is 76.9 cm³/mol. The highest BCUT2D eigenvalue weighted by Crippen LogP contribution is 2.28. The summed E-state index contributed by atoms with van der Waals surface area (Å²) in [5.41, 5.74) is -0.654. The lowest BCUT2D eigenvalue weighted by Gasteiger charge is -2.05. The topological polar surface area (TPSA) is 54.4 Å². The van der Waals surface area contributed by atoms with Crippen LogP contribution in [0.25, 0.3) is 0 Å². The number of rotatable bonds is 2. The zero-order valence-corrected chi connectivity index (χ0v) is 12.1. The van der Waals surface area contributed by atoms with E-state index in [-0.39, 0.29) is 21.2 Å². The van der Waals surface area contributed by atoms with Crippen LogP contribution in [0.5, 0.6) is 5.06 Å². The molecule has 0 saturated heterocycles. The summed E-state index contributed by atoms with van der Waals surface area (Å²) >= 11 is 12.6. The molecule has 1 aromatic heterocycles. The highest BCUT2D eigenvalue weighted by Gasteiger charge is 2.20. The molecule has 0 fully saturated rings. The van der Waals surface area contributed by atoms with Crippen LogP contribution in [-0.4, -0.2) is 10.9 Å². The van der Waals surface area contributed by atoms with Crippen molar-refractivity contribution in [3.63, 3.8) is 0 Å². The van der Waals surface area contributed by atoms with Gasteiger partial charge in [0.15, 0.2) is 10.5 Å². The van der Waals surface area contributed by atoms with E-state index in [4.69, 9.17) is 23.2 Å². The second kappa shape index (κ2) is 5.33. The summed E-state index contributed by atoms with van der Waals surface area (Å²) in [5, 5.41) is 10.0. The Morgan fingerprint density at radius 3 is 2.53 bits per heavy atom. The van der Waals surface area contributed by atoms with Crippen molar-refractivity contribution in [2.24, 2.45) is 0 Å². The Morgan fingerprint density at radius 2 is 1.95 bits per heavy atom. The zero-order chi connectivity index (χ0) is 14.2. The van der Waals surface area contributed by atoms with Crippen molar-refractivity contribution in [1.29, 1.82) is 0 Å². The van der Waals surface area contributed by atoms with E-state index in [0.717, 1.165) is 11.3 Å². The summed E-state index contributed by atoms with van der Waals surface area (Å²) < 4.78 is 0. The summed E-state index contributed by atoms with van der Waals surface area (Å²) in [5.74, 6) is -0.611. The number of halogens is 2. The van der Waals surface area contributed by atoms with Crippen molar-refractivity contribution < 1.29 is 9.90 Å². The molecule has 1 N–H and O–H groups in total. The van der Waals surface area contributed by atoms with Crippen LogP contribution in [0.4, 0.5) is 0 Å². The van der Waals surface area contributed by atoms with Gasteiger partial charge in [-0.2, -0.15) is 0 Å². The van der Waals surface area contributed by atoms with Crippen LogP contribution < -0.4 is 5.43 Å². The van der Waals surface area contributed by atoms with Gasteiger partial charge in [-0.05, 0) is 31.2 Å². The Kier molecular flexibility index (Phi) is 3.94. The lowest BCUT2D eigenvalue weighted by molar-refractivity contribution is 0.103. The SMILES string of the molecule is Cc1cc(=O)c(C(=O)c2ccc(Cl)cc2Cl)c(O)s1. The molecule has 19 heavy (non-hydrogen) atoms. The van der Waals surface area contributed by atoms with Crippen LogP contribution in [0.2, 0.25) is 10.0 Å². The van der Waals surface area contributed by atoms with Crippen LogP contribution in [0.15, 0.2) is 29.1 Å². The molecule has 0 saturated carbocycles. The van der Waals surface area contributed by atoms with E-state index in [9.17, 15) is 14.7 Å². The van der Waals surface area contributed by atoms with Crippen molar-refractivity contribution in [2.45, 2.75) is 6.92 Å². The Morgan fingerprint density at radius 1 is 1.26 bits per heavy atom. The first kappa shape index (κ1) is 14.1. The minimum absolute atomic E-state index is 0.134. The molecule has 0 unspecified atom stereocenters. The molecule has 0 aliphatic heterocycles. The van der Waals surface area contributed by atoms with Gasteiger partial charge in [0.25, 0.3) is 0 Å². The third-order valence-electron chi connectivity index (χ3n) is 2.46. The molecule has 6 heteroatoms. The van der Waals surface area contributed by atoms with Gasteiger partial charge in [-0.15, -0.1) is 11.3 Å². The quantitative estimate of drug-likeness (QED) is 0.861. The van der Waals surface area contributed by atoms with Crippen LogP contribution in [0.3, 0.4) is 0 Å². The third kappa shape index (κ3) is 2.81. The van der Waals surface area contributed by atoms with Gasteiger partial charge in [0, 0.05) is 15.5 Å². The fraction of sp³-hybridized carbons (Fsp3) is 0.0769. The molecule has 98 valence electrons. The standard InChI is InChI=1S/C13H8Cl2O3S/c1-6-4-10(16)11(13(18)19-6)12(17)8-3-2-7(14)5-9(8)15/h2-5,18H,1H3. The average molecular weight is 315 g/mol. The second-order valence-electron chi connectivity index (χ2n) is 3.85. The minimum Gasteiger partial charge on any atom is -0.499 e. The van der Waals surface area contributed by atoms with E-state index >= 15 is 0 Å². The molecular weight excluding hydrogens is 307 g/mol. The van der Waals surface area contributed by atoms with Crippen LogP contribution in [-0.2, 0) is 0 Å². The molecule has 0 radical (unpaired) electrons. The van der Waals surface area contributed by atoms with Crippen molar-refractivity contribution in [3.8, 4) is 5.06 Å². The van der Waals surface area contributed by atoms with Gasteiger partial charge >= 0.3 is 0 Å². The van der Waals surface area contributed by atoms with Gasteiger partial charge < -0.3 is 5.11 Å². The molecule has 0 atom stereocenters. The number of aromatic hydroxyl groups is 1. The number of aryl methyl sites for hydroxylation is 1. The fourth-order valence-electron chi connectivity index (χ4n) is 1.61. The lowest BCUT2D eigenvalue weighted by atomic mass is 10.1. The maximum absolute atomic E-state index is 12.3. The Balaban J connectivity index is 2.60. The van der Waals surface area contributed by atoms with Crippen molar-refractivity contribution in [1.82, 2.24) is 0 Å². The summed E-state index contributed by atoms with van der Waals surface area (Å²) in [6, 6.07) is 5.65. The average Bonchev–Trinajstić information content (AvgIpc) is 2.26. The zero-order valence-electron chi connectivity index (χ0n) is 9.74. The first-order valence-electron chi connectivity index (χ1n) is 5.23. The molecule has 2 aromatic rings.